The Balaban J connectivity index is 2.35. The molecule has 1 unspecified atom stereocenters. The summed E-state index contributed by atoms with van der Waals surface area (Å²) in [6, 6.07) is 13.7. The number of likely N-dealkylation sites (N-methyl/N-ethyl adjacent to an activating group) is 1. The van der Waals surface area contributed by atoms with Crippen molar-refractivity contribution in [2.24, 2.45) is 5.73 Å². The van der Waals surface area contributed by atoms with Crippen molar-refractivity contribution in [3.63, 3.8) is 0 Å². The van der Waals surface area contributed by atoms with Crippen molar-refractivity contribution in [1.82, 2.24) is 0 Å². The second-order valence-corrected chi connectivity index (χ2v) is 6.05. The lowest BCUT2D eigenvalue weighted by molar-refractivity contribution is 0.414. The van der Waals surface area contributed by atoms with Crippen LogP contribution in [0.4, 0.5) is 5.69 Å². The van der Waals surface area contributed by atoms with E-state index < -0.39 is 0 Å². The highest BCUT2D eigenvalue weighted by molar-refractivity contribution is 9.10. The van der Waals surface area contributed by atoms with Gasteiger partial charge in [0.05, 0.1) is 13.2 Å². The summed E-state index contributed by atoms with van der Waals surface area (Å²) in [6.45, 7) is 0.467. The summed E-state index contributed by atoms with van der Waals surface area (Å²) < 4.78 is 6.23. The molecule has 0 saturated carbocycles. The Morgan fingerprint density at radius 1 is 1.29 bits per heavy atom. The van der Waals surface area contributed by atoms with Crippen LogP contribution in [0.2, 0.25) is 5.02 Å². The third-order valence-corrected chi connectivity index (χ3v) is 4.29. The van der Waals surface area contributed by atoms with Crippen molar-refractivity contribution in [2.45, 2.75) is 6.04 Å². The minimum absolute atomic E-state index is 0.00212. The van der Waals surface area contributed by atoms with Crippen LogP contribution < -0.4 is 15.4 Å². The van der Waals surface area contributed by atoms with Crippen LogP contribution in [-0.2, 0) is 0 Å². The molecule has 0 radical (unpaired) electrons. The van der Waals surface area contributed by atoms with Crippen LogP contribution in [0.15, 0.2) is 46.9 Å². The number of methoxy groups -OCH3 is 1. The number of ether oxygens (including phenoxy) is 1. The topological polar surface area (TPSA) is 38.5 Å². The van der Waals surface area contributed by atoms with E-state index in [4.69, 9.17) is 22.1 Å². The molecule has 0 aliphatic rings. The van der Waals surface area contributed by atoms with Crippen LogP contribution in [-0.4, -0.2) is 20.7 Å². The molecule has 2 N–H and O–H groups in total. The molecule has 0 aromatic heterocycles. The molecule has 0 saturated heterocycles. The fraction of sp³-hybridized carbons (Fsp3) is 0.250. The van der Waals surface area contributed by atoms with Gasteiger partial charge in [-0.3, -0.25) is 0 Å². The predicted molar refractivity (Wildman–Crippen MR) is 92.3 cm³/mol. The van der Waals surface area contributed by atoms with E-state index >= 15 is 0 Å². The van der Waals surface area contributed by atoms with E-state index in [1.807, 2.05) is 49.5 Å². The van der Waals surface area contributed by atoms with Gasteiger partial charge in [-0.15, -0.1) is 0 Å². The molecule has 2 aromatic carbocycles. The highest BCUT2D eigenvalue weighted by Gasteiger charge is 2.19. The van der Waals surface area contributed by atoms with Gasteiger partial charge in [-0.05, 0) is 29.8 Å². The Bertz CT molecular complexity index is 621. The van der Waals surface area contributed by atoms with Crippen molar-refractivity contribution < 1.29 is 4.74 Å². The SMILES string of the molecule is COc1cccc(N(C)C(CN)c2ccc(Br)cc2Cl)c1. The molecular weight excluding hydrogens is 352 g/mol. The zero-order chi connectivity index (χ0) is 15.4. The highest BCUT2D eigenvalue weighted by atomic mass is 79.9. The van der Waals surface area contributed by atoms with Gasteiger partial charge in [0.2, 0.25) is 0 Å². The van der Waals surface area contributed by atoms with Gasteiger partial charge in [0, 0.05) is 34.8 Å². The van der Waals surface area contributed by atoms with Crippen LogP contribution in [0.5, 0.6) is 5.75 Å². The normalized spacial score (nSPS) is 12.0. The van der Waals surface area contributed by atoms with E-state index in [0.717, 1.165) is 21.5 Å². The number of nitrogens with two attached hydrogens (primary N) is 1. The van der Waals surface area contributed by atoms with Crippen LogP contribution in [0, 0.1) is 0 Å². The Morgan fingerprint density at radius 3 is 2.67 bits per heavy atom. The minimum Gasteiger partial charge on any atom is -0.497 e. The first-order valence-corrected chi connectivity index (χ1v) is 7.75. The molecule has 1 atom stereocenters. The zero-order valence-electron chi connectivity index (χ0n) is 12.0. The van der Waals surface area contributed by atoms with Crippen molar-refractivity contribution in [3.05, 3.63) is 57.5 Å². The van der Waals surface area contributed by atoms with E-state index in [2.05, 4.69) is 20.8 Å². The van der Waals surface area contributed by atoms with E-state index in [1.54, 1.807) is 7.11 Å². The largest absolute Gasteiger partial charge is 0.497 e. The zero-order valence-corrected chi connectivity index (χ0v) is 14.4. The number of nitrogens with zero attached hydrogens (tertiary/aromatic N) is 1. The third kappa shape index (κ3) is 3.70. The predicted octanol–water partition coefficient (Wildman–Crippen LogP) is 4.25. The molecule has 2 rings (SSSR count). The smallest absolute Gasteiger partial charge is 0.120 e. The first kappa shape index (κ1) is 16.1. The van der Waals surface area contributed by atoms with Crippen molar-refractivity contribution in [3.8, 4) is 5.75 Å². The number of halogens is 2. The highest BCUT2D eigenvalue weighted by Crippen LogP contribution is 2.32. The molecular formula is C16H18BrClN2O. The maximum absolute atomic E-state index is 6.36. The number of benzene rings is 2. The van der Waals surface area contributed by atoms with Crippen LogP contribution >= 0.6 is 27.5 Å². The number of hydrogen-bond acceptors (Lipinski definition) is 3. The number of anilines is 1. The molecule has 0 spiro atoms. The average molecular weight is 370 g/mol. The van der Waals surface area contributed by atoms with Gasteiger partial charge in [0.15, 0.2) is 0 Å². The summed E-state index contributed by atoms with van der Waals surface area (Å²) in [5, 5.41) is 0.703. The molecule has 5 heteroatoms. The molecule has 0 amide bonds. The summed E-state index contributed by atoms with van der Waals surface area (Å²) in [4.78, 5) is 2.11. The van der Waals surface area contributed by atoms with Crippen LogP contribution in [0.1, 0.15) is 11.6 Å². The molecule has 0 heterocycles. The standard InChI is InChI=1S/C16H18BrClN2O/c1-20(12-4-3-5-13(9-12)21-2)16(10-19)14-7-6-11(17)8-15(14)18/h3-9,16H,10,19H2,1-2H3. The van der Waals surface area contributed by atoms with Crippen molar-refractivity contribution in [1.29, 1.82) is 0 Å². The molecule has 0 aliphatic carbocycles. The minimum atomic E-state index is -0.00212. The lowest BCUT2D eigenvalue weighted by atomic mass is 10.0. The maximum Gasteiger partial charge on any atom is 0.120 e. The first-order chi connectivity index (χ1) is 10.1. The van der Waals surface area contributed by atoms with Crippen molar-refractivity contribution >= 4 is 33.2 Å². The monoisotopic (exact) mass is 368 g/mol. The molecule has 21 heavy (non-hydrogen) atoms. The van der Waals surface area contributed by atoms with Gasteiger partial charge in [-0.2, -0.15) is 0 Å². The van der Waals surface area contributed by atoms with E-state index in [-0.39, 0.29) is 6.04 Å². The maximum atomic E-state index is 6.36. The fourth-order valence-corrected chi connectivity index (χ4v) is 3.07. The Hall–Kier alpha value is -1.23. The molecule has 2 aromatic rings. The number of rotatable bonds is 5. The molecule has 0 bridgehead atoms. The summed E-state index contributed by atoms with van der Waals surface area (Å²) in [5.74, 6) is 0.817. The fourth-order valence-electron chi connectivity index (χ4n) is 2.28. The van der Waals surface area contributed by atoms with E-state index in [9.17, 15) is 0 Å². The number of hydrogen-bond donors (Lipinski definition) is 1. The van der Waals surface area contributed by atoms with Gasteiger partial charge in [0.1, 0.15) is 5.75 Å². The van der Waals surface area contributed by atoms with Gasteiger partial charge in [-0.1, -0.05) is 39.7 Å². The second-order valence-electron chi connectivity index (χ2n) is 4.73. The molecule has 112 valence electrons. The van der Waals surface area contributed by atoms with Crippen LogP contribution in [0.25, 0.3) is 0 Å². The molecule has 0 fully saturated rings. The molecule has 3 nitrogen and oxygen atoms in total. The quantitative estimate of drug-likeness (QED) is 0.856. The van der Waals surface area contributed by atoms with Gasteiger partial charge in [0.25, 0.3) is 0 Å². The van der Waals surface area contributed by atoms with E-state index in [0.29, 0.717) is 11.6 Å². The van der Waals surface area contributed by atoms with Gasteiger partial charge >= 0.3 is 0 Å². The summed E-state index contributed by atoms with van der Waals surface area (Å²) in [6.07, 6.45) is 0. The lowest BCUT2D eigenvalue weighted by Crippen LogP contribution is -2.30. The Labute approximate surface area is 138 Å². The summed E-state index contributed by atoms with van der Waals surface area (Å²) >= 11 is 9.78. The van der Waals surface area contributed by atoms with E-state index in [1.165, 1.54) is 0 Å². The third-order valence-electron chi connectivity index (χ3n) is 3.47. The summed E-state index contributed by atoms with van der Waals surface area (Å²) in [5.41, 5.74) is 8.02. The van der Waals surface area contributed by atoms with Crippen molar-refractivity contribution in [2.75, 3.05) is 25.6 Å². The van der Waals surface area contributed by atoms with Gasteiger partial charge in [-0.25, -0.2) is 0 Å². The lowest BCUT2D eigenvalue weighted by Gasteiger charge is -2.30. The Kier molecular flexibility index (Phi) is 5.51. The van der Waals surface area contributed by atoms with Crippen LogP contribution in [0.3, 0.4) is 0 Å². The second kappa shape index (κ2) is 7.16. The first-order valence-electron chi connectivity index (χ1n) is 6.58. The molecule has 0 aliphatic heterocycles. The average Bonchev–Trinajstić information content (AvgIpc) is 2.50. The summed E-state index contributed by atoms with van der Waals surface area (Å²) in [7, 11) is 3.66. The van der Waals surface area contributed by atoms with Gasteiger partial charge < -0.3 is 15.4 Å². The Morgan fingerprint density at radius 2 is 2.05 bits per heavy atom.